The van der Waals surface area contributed by atoms with Crippen molar-refractivity contribution in [1.82, 2.24) is 9.47 Å². The number of amides is 1. The molecule has 2 aliphatic rings. The third-order valence-electron chi connectivity index (χ3n) is 5.45. The van der Waals surface area contributed by atoms with Crippen LogP contribution in [0.15, 0.2) is 47.3 Å². The number of pyridine rings is 1. The van der Waals surface area contributed by atoms with Crippen LogP contribution in [0.3, 0.4) is 0 Å². The number of ether oxygens (including phenoxy) is 1. The maximum atomic E-state index is 12.7. The first kappa shape index (κ1) is 17.0. The number of aromatic nitrogens is 1. The predicted molar refractivity (Wildman–Crippen MR) is 100 cm³/mol. The van der Waals surface area contributed by atoms with Crippen molar-refractivity contribution >= 4 is 5.91 Å². The zero-order valence-corrected chi connectivity index (χ0v) is 15.1. The highest BCUT2D eigenvalue weighted by Gasteiger charge is 2.36. The molecule has 1 amide bonds. The summed E-state index contributed by atoms with van der Waals surface area (Å²) in [4.78, 5) is 27.0. The Bertz CT molecular complexity index is 859. The van der Waals surface area contributed by atoms with E-state index in [4.69, 9.17) is 4.74 Å². The van der Waals surface area contributed by atoms with Gasteiger partial charge >= 0.3 is 0 Å². The second-order valence-corrected chi connectivity index (χ2v) is 7.22. The zero-order chi connectivity index (χ0) is 18.1. The second-order valence-electron chi connectivity index (χ2n) is 7.22. The number of nitrogens with zero attached hydrogens (tertiary/aromatic N) is 2. The summed E-state index contributed by atoms with van der Waals surface area (Å²) in [5, 5.41) is 0. The van der Waals surface area contributed by atoms with Crippen molar-refractivity contribution in [3.63, 3.8) is 0 Å². The number of carbonyl (C=O) groups excluding carboxylic acids is 1. The molecule has 2 atom stereocenters. The molecule has 0 N–H and O–H groups in total. The molecule has 136 valence electrons. The average Bonchev–Trinajstić information content (AvgIpc) is 2.67. The van der Waals surface area contributed by atoms with Crippen molar-refractivity contribution in [3.8, 4) is 11.1 Å². The van der Waals surface area contributed by atoms with Crippen LogP contribution in [-0.4, -0.2) is 41.7 Å². The van der Waals surface area contributed by atoms with E-state index in [0.717, 1.165) is 23.2 Å². The van der Waals surface area contributed by atoms with E-state index in [-0.39, 0.29) is 24.0 Å². The Morgan fingerprint density at radius 3 is 2.69 bits per heavy atom. The van der Waals surface area contributed by atoms with Crippen LogP contribution < -0.4 is 5.56 Å². The minimum atomic E-state index is 0.0524. The molecular formula is C21H24N2O3. The fraction of sp³-hybridized carbons (Fsp3) is 0.429. The predicted octanol–water partition coefficient (Wildman–Crippen LogP) is 2.50. The van der Waals surface area contributed by atoms with Gasteiger partial charge in [0.2, 0.25) is 5.91 Å². The lowest BCUT2D eigenvalue weighted by molar-refractivity contribution is -0.138. The van der Waals surface area contributed by atoms with Gasteiger partial charge in [-0.2, -0.15) is 0 Å². The fourth-order valence-corrected chi connectivity index (χ4v) is 4.24. The highest BCUT2D eigenvalue weighted by molar-refractivity contribution is 5.77. The van der Waals surface area contributed by atoms with Gasteiger partial charge in [-0.1, -0.05) is 30.3 Å². The van der Waals surface area contributed by atoms with Gasteiger partial charge in [0.25, 0.3) is 5.56 Å². The molecule has 26 heavy (non-hydrogen) atoms. The van der Waals surface area contributed by atoms with Gasteiger partial charge in [0, 0.05) is 43.9 Å². The molecule has 0 unspecified atom stereocenters. The molecule has 0 aliphatic carbocycles. The highest BCUT2D eigenvalue weighted by Crippen LogP contribution is 2.36. The lowest BCUT2D eigenvalue weighted by Crippen LogP contribution is -2.50. The van der Waals surface area contributed by atoms with E-state index in [9.17, 15) is 9.59 Å². The van der Waals surface area contributed by atoms with E-state index in [2.05, 4.69) is 6.07 Å². The molecule has 5 heteroatoms. The standard InChI is InChI=1S/C21H24N2O3/c1-2-26-14-21(25)22-11-15-8-18(13-22)19-9-17(10-20(24)23(19)12-15)16-6-4-3-5-7-16/h3-7,9-10,15,18H,2,8,11-14H2,1H3/t15-,18+/m0/s1. The number of fused-ring (bicyclic) bond motifs is 4. The van der Waals surface area contributed by atoms with Crippen LogP contribution in [0.5, 0.6) is 0 Å². The van der Waals surface area contributed by atoms with Crippen LogP contribution in [0.1, 0.15) is 25.0 Å². The quantitative estimate of drug-likeness (QED) is 0.849. The van der Waals surface area contributed by atoms with Crippen molar-refractivity contribution in [3.05, 3.63) is 58.5 Å². The average molecular weight is 352 g/mol. The Balaban J connectivity index is 1.65. The molecule has 0 spiro atoms. The zero-order valence-electron chi connectivity index (χ0n) is 15.1. The van der Waals surface area contributed by atoms with Crippen LogP contribution in [0, 0.1) is 5.92 Å². The van der Waals surface area contributed by atoms with E-state index in [1.165, 1.54) is 0 Å². The van der Waals surface area contributed by atoms with E-state index < -0.39 is 0 Å². The summed E-state index contributed by atoms with van der Waals surface area (Å²) in [6.45, 7) is 4.66. The first-order valence-electron chi connectivity index (χ1n) is 9.31. The first-order chi connectivity index (χ1) is 12.7. The summed E-state index contributed by atoms with van der Waals surface area (Å²) >= 11 is 0. The Labute approximate surface area is 153 Å². The van der Waals surface area contributed by atoms with Gasteiger partial charge in [-0.25, -0.2) is 0 Å². The van der Waals surface area contributed by atoms with Gasteiger partial charge in [0.15, 0.2) is 0 Å². The van der Waals surface area contributed by atoms with Gasteiger partial charge in [0.05, 0.1) is 0 Å². The molecule has 5 nitrogen and oxygen atoms in total. The van der Waals surface area contributed by atoms with Crippen molar-refractivity contribution in [2.24, 2.45) is 5.92 Å². The summed E-state index contributed by atoms with van der Waals surface area (Å²) in [6, 6.07) is 13.9. The third kappa shape index (κ3) is 3.19. The molecular weight excluding hydrogens is 328 g/mol. The normalized spacial score (nSPS) is 21.3. The number of benzene rings is 1. The van der Waals surface area contributed by atoms with Crippen molar-refractivity contribution < 1.29 is 9.53 Å². The summed E-state index contributed by atoms with van der Waals surface area (Å²) in [5.74, 6) is 0.605. The van der Waals surface area contributed by atoms with E-state index in [1.54, 1.807) is 6.07 Å². The number of hydrogen-bond donors (Lipinski definition) is 0. The monoisotopic (exact) mass is 352 g/mol. The summed E-state index contributed by atoms with van der Waals surface area (Å²) in [6.07, 6.45) is 1.04. The Kier molecular flexibility index (Phi) is 4.64. The minimum Gasteiger partial charge on any atom is -0.372 e. The first-order valence-corrected chi connectivity index (χ1v) is 9.31. The smallest absolute Gasteiger partial charge is 0.251 e. The molecule has 1 aromatic heterocycles. The maximum Gasteiger partial charge on any atom is 0.251 e. The van der Waals surface area contributed by atoms with Gasteiger partial charge < -0.3 is 14.2 Å². The fourth-order valence-electron chi connectivity index (χ4n) is 4.24. The van der Waals surface area contributed by atoms with E-state index >= 15 is 0 Å². The van der Waals surface area contributed by atoms with Crippen molar-refractivity contribution in [1.29, 1.82) is 0 Å². The van der Waals surface area contributed by atoms with Gasteiger partial charge in [-0.3, -0.25) is 9.59 Å². The number of hydrogen-bond acceptors (Lipinski definition) is 3. The highest BCUT2D eigenvalue weighted by atomic mass is 16.5. The molecule has 1 aromatic carbocycles. The Hall–Kier alpha value is -2.40. The van der Waals surface area contributed by atoms with E-state index in [1.807, 2.05) is 46.7 Å². The summed E-state index contributed by atoms with van der Waals surface area (Å²) in [7, 11) is 0. The minimum absolute atomic E-state index is 0.0524. The lowest BCUT2D eigenvalue weighted by Gasteiger charge is -2.43. The Morgan fingerprint density at radius 1 is 1.12 bits per heavy atom. The van der Waals surface area contributed by atoms with Crippen LogP contribution in [-0.2, 0) is 16.1 Å². The number of piperidine rings is 1. The number of rotatable bonds is 4. The molecule has 4 rings (SSSR count). The molecule has 2 bridgehead atoms. The van der Waals surface area contributed by atoms with Crippen LogP contribution >= 0.6 is 0 Å². The molecule has 2 aromatic rings. The van der Waals surface area contributed by atoms with Gasteiger partial charge in [-0.15, -0.1) is 0 Å². The van der Waals surface area contributed by atoms with Gasteiger partial charge in [0.1, 0.15) is 6.61 Å². The van der Waals surface area contributed by atoms with Crippen LogP contribution in [0.25, 0.3) is 11.1 Å². The molecule has 1 saturated heterocycles. The maximum absolute atomic E-state index is 12.7. The SMILES string of the molecule is CCOCC(=O)N1C[C@@H]2C[C@H](C1)c1cc(-c3ccccc3)cc(=O)n1C2. The summed E-state index contributed by atoms with van der Waals surface area (Å²) < 4.78 is 7.20. The second kappa shape index (κ2) is 7.08. The number of carbonyl (C=O) groups is 1. The van der Waals surface area contributed by atoms with Crippen LogP contribution in [0.4, 0.5) is 0 Å². The summed E-state index contributed by atoms with van der Waals surface area (Å²) in [5.41, 5.74) is 3.12. The lowest BCUT2D eigenvalue weighted by atomic mass is 9.82. The molecule has 1 fully saturated rings. The third-order valence-corrected chi connectivity index (χ3v) is 5.45. The van der Waals surface area contributed by atoms with Crippen molar-refractivity contribution in [2.45, 2.75) is 25.8 Å². The topological polar surface area (TPSA) is 51.5 Å². The molecule has 3 heterocycles. The molecule has 0 radical (unpaired) electrons. The molecule has 2 aliphatic heterocycles. The van der Waals surface area contributed by atoms with Crippen LogP contribution in [0.2, 0.25) is 0 Å². The largest absolute Gasteiger partial charge is 0.372 e. The molecule has 0 saturated carbocycles. The Morgan fingerprint density at radius 2 is 1.92 bits per heavy atom. The number of likely N-dealkylation sites (tertiary alicyclic amines) is 1. The van der Waals surface area contributed by atoms with Gasteiger partial charge in [-0.05, 0) is 36.5 Å². The van der Waals surface area contributed by atoms with Crippen molar-refractivity contribution in [2.75, 3.05) is 26.3 Å². The van der Waals surface area contributed by atoms with E-state index in [0.29, 0.717) is 32.2 Å².